The number of fused-ring (bicyclic) bond motifs is 1. The average Bonchev–Trinajstić information content (AvgIpc) is 2.60. The van der Waals surface area contributed by atoms with Crippen molar-refractivity contribution >= 4 is 15.7 Å². The molecule has 1 aromatic heterocycles. The lowest BCUT2D eigenvalue weighted by Gasteiger charge is -2.35. The van der Waals surface area contributed by atoms with Crippen molar-refractivity contribution in [3.8, 4) is 5.75 Å². The van der Waals surface area contributed by atoms with Crippen molar-refractivity contribution in [1.29, 1.82) is 0 Å². The maximum atomic E-state index is 12.9. The predicted molar refractivity (Wildman–Crippen MR) is 84.9 cm³/mol. The van der Waals surface area contributed by atoms with Gasteiger partial charge in [-0.15, -0.1) is 0 Å². The predicted octanol–water partition coefficient (Wildman–Crippen LogP) is 3.47. The van der Waals surface area contributed by atoms with Gasteiger partial charge in [0.05, 0.1) is 12.2 Å². The van der Waals surface area contributed by atoms with E-state index in [-0.39, 0.29) is 17.5 Å². The minimum Gasteiger partial charge on any atom is -0.486 e. The molecule has 2 heterocycles. The van der Waals surface area contributed by atoms with Crippen LogP contribution in [0.25, 0.3) is 0 Å². The third-order valence-electron chi connectivity index (χ3n) is 3.87. The molecule has 1 aromatic carbocycles. The van der Waals surface area contributed by atoms with Crippen molar-refractivity contribution in [2.24, 2.45) is 0 Å². The summed E-state index contributed by atoms with van der Waals surface area (Å²) < 4.78 is 70.6. The van der Waals surface area contributed by atoms with Gasteiger partial charge < -0.3 is 4.74 Å². The number of pyridine rings is 1. The van der Waals surface area contributed by atoms with Gasteiger partial charge in [-0.25, -0.2) is 8.42 Å². The number of para-hydroxylation sites is 2. The number of aromatic nitrogens is 1. The number of rotatable bonds is 3. The maximum absolute atomic E-state index is 12.9. The number of benzene rings is 1. The van der Waals surface area contributed by atoms with E-state index in [0.29, 0.717) is 23.9 Å². The van der Waals surface area contributed by atoms with Crippen LogP contribution in [0.1, 0.15) is 19.0 Å². The molecule has 0 amide bonds. The highest BCUT2D eigenvalue weighted by molar-refractivity contribution is 7.92. The molecule has 134 valence electrons. The van der Waals surface area contributed by atoms with E-state index in [9.17, 15) is 21.6 Å². The second-order valence-electron chi connectivity index (χ2n) is 5.53. The van der Waals surface area contributed by atoms with E-state index in [0.717, 1.165) is 16.6 Å². The summed E-state index contributed by atoms with van der Waals surface area (Å²) >= 11 is 0. The Bertz CT molecular complexity index is 867. The molecule has 25 heavy (non-hydrogen) atoms. The number of sulfonamides is 1. The Labute approximate surface area is 143 Å². The van der Waals surface area contributed by atoms with Crippen molar-refractivity contribution in [3.63, 3.8) is 0 Å². The van der Waals surface area contributed by atoms with Gasteiger partial charge in [-0.3, -0.25) is 9.29 Å². The van der Waals surface area contributed by atoms with E-state index in [1.54, 1.807) is 24.3 Å². The number of ether oxygens (including phenoxy) is 1. The molecule has 9 heteroatoms. The van der Waals surface area contributed by atoms with Gasteiger partial charge in [-0.1, -0.05) is 19.1 Å². The minimum absolute atomic E-state index is 0.0802. The largest absolute Gasteiger partial charge is 0.486 e. The van der Waals surface area contributed by atoms with Gasteiger partial charge in [-0.05, 0) is 30.7 Å². The van der Waals surface area contributed by atoms with Crippen LogP contribution >= 0.6 is 0 Å². The highest BCUT2D eigenvalue weighted by Gasteiger charge is 2.36. The molecule has 1 aliphatic heterocycles. The normalized spacial score (nSPS) is 17.8. The highest BCUT2D eigenvalue weighted by Crippen LogP contribution is 2.37. The molecule has 0 radical (unpaired) electrons. The molecule has 2 aromatic rings. The fourth-order valence-corrected chi connectivity index (χ4v) is 3.98. The number of hydrogen-bond acceptors (Lipinski definition) is 4. The fourth-order valence-electron chi connectivity index (χ4n) is 2.53. The molecule has 0 fully saturated rings. The lowest BCUT2D eigenvalue weighted by atomic mass is 10.2. The number of alkyl halides is 3. The number of nitrogens with zero attached hydrogens (tertiary/aromatic N) is 2. The lowest BCUT2D eigenvalue weighted by molar-refractivity contribution is -0.141. The third kappa shape index (κ3) is 3.28. The first-order valence-corrected chi connectivity index (χ1v) is 8.99. The van der Waals surface area contributed by atoms with Crippen molar-refractivity contribution in [2.75, 3.05) is 10.8 Å². The molecular formula is C16H15F3N2O3S. The SMILES string of the molecule is CCC1CN(S(=O)(=O)c2ccc(C(F)(F)F)nc2)c2ccccc2O1. The van der Waals surface area contributed by atoms with Crippen molar-refractivity contribution in [2.45, 2.75) is 30.5 Å². The smallest absolute Gasteiger partial charge is 0.433 e. The van der Waals surface area contributed by atoms with Crippen LogP contribution in [0, 0.1) is 0 Å². The Morgan fingerprint density at radius 3 is 2.56 bits per heavy atom. The summed E-state index contributed by atoms with van der Waals surface area (Å²) in [6.45, 7) is 1.94. The maximum Gasteiger partial charge on any atom is 0.433 e. The zero-order valence-corrected chi connectivity index (χ0v) is 14.0. The monoisotopic (exact) mass is 372 g/mol. The van der Waals surface area contributed by atoms with Gasteiger partial charge in [0, 0.05) is 6.20 Å². The van der Waals surface area contributed by atoms with E-state index < -0.39 is 21.9 Å². The van der Waals surface area contributed by atoms with E-state index >= 15 is 0 Å². The molecule has 0 aliphatic carbocycles. The Morgan fingerprint density at radius 1 is 1.24 bits per heavy atom. The number of hydrogen-bond donors (Lipinski definition) is 0. The van der Waals surface area contributed by atoms with Gasteiger partial charge in [0.2, 0.25) is 0 Å². The van der Waals surface area contributed by atoms with Crippen molar-refractivity contribution in [3.05, 3.63) is 48.3 Å². The fraction of sp³-hybridized carbons (Fsp3) is 0.312. The molecular weight excluding hydrogens is 357 g/mol. The van der Waals surface area contributed by atoms with Crippen LogP contribution in [0.2, 0.25) is 0 Å². The van der Waals surface area contributed by atoms with Crippen LogP contribution in [0.5, 0.6) is 5.75 Å². The second-order valence-corrected chi connectivity index (χ2v) is 7.39. The summed E-state index contributed by atoms with van der Waals surface area (Å²) in [5.74, 6) is 0.420. The van der Waals surface area contributed by atoms with Gasteiger partial charge in [-0.2, -0.15) is 13.2 Å². The first-order chi connectivity index (χ1) is 11.7. The average molecular weight is 372 g/mol. The van der Waals surface area contributed by atoms with E-state index in [1.165, 1.54) is 0 Å². The summed E-state index contributed by atoms with van der Waals surface area (Å²) in [6.07, 6.45) is -3.64. The van der Waals surface area contributed by atoms with Crippen LogP contribution in [0.4, 0.5) is 18.9 Å². The topological polar surface area (TPSA) is 59.5 Å². The first-order valence-electron chi connectivity index (χ1n) is 7.55. The van der Waals surface area contributed by atoms with Gasteiger partial charge in [0.25, 0.3) is 10.0 Å². The third-order valence-corrected chi connectivity index (χ3v) is 5.63. The van der Waals surface area contributed by atoms with Crippen molar-refractivity contribution < 1.29 is 26.3 Å². The molecule has 0 saturated carbocycles. The molecule has 1 aliphatic rings. The Balaban J connectivity index is 2.02. The Morgan fingerprint density at radius 2 is 1.96 bits per heavy atom. The van der Waals surface area contributed by atoms with E-state index in [1.807, 2.05) is 6.92 Å². The minimum atomic E-state index is -4.62. The molecule has 0 bridgehead atoms. The molecule has 0 spiro atoms. The van der Waals surface area contributed by atoms with Gasteiger partial charge >= 0.3 is 6.18 Å². The Kier molecular flexibility index (Phi) is 4.36. The molecule has 1 unspecified atom stereocenters. The summed E-state index contributed by atoms with van der Waals surface area (Å²) in [5.41, 5.74) is -0.785. The van der Waals surface area contributed by atoms with Crippen LogP contribution < -0.4 is 9.04 Å². The second kappa shape index (κ2) is 6.21. The van der Waals surface area contributed by atoms with Gasteiger partial charge in [0.15, 0.2) is 0 Å². The summed E-state index contributed by atoms with van der Waals surface area (Å²) in [7, 11) is -4.06. The highest BCUT2D eigenvalue weighted by atomic mass is 32.2. The molecule has 0 N–H and O–H groups in total. The zero-order chi connectivity index (χ0) is 18.2. The van der Waals surface area contributed by atoms with E-state index in [2.05, 4.69) is 4.98 Å². The molecule has 5 nitrogen and oxygen atoms in total. The number of halogens is 3. The molecule has 3 rings (SSSR count). The van der Waals surface area contributed by atoms with Crippen LogP contribution in [0.3, 0.4) is 0 Å². The van der Waals surface area contributed by atoms with Crippen LogP contribution in [-0.2, 0) is 16.2 Å². The number of anilines is 1. The Hall–Kier alpha value is -2.29. The standard InChI is InChI=1S/C16H15F3N2O3S/c1-2-11-10-21(13-5-3-4-6-14(13)24-11)25(22,23)12-7-8-15(20-9-12)16(17,18)19/h3-9,11H,2,10H2,1H3. The van der Waals surface area contributed by atoms with Gasteiger partial charge in [0.1, 0.15) is 22.4 Å². The van der Waals surface area contributed by atoms with Crippen LogP contribution in [0.15, 0.2) is 47.5 Å². The van der Waals surface area contributed by atoms with E-state index in [4.69, 9.17) is 4.74 Å². The summed E-state index contributed by atoms with van der Waals surface area (Å²) in [4.78, 5) is 2.95. The molecule has 1 atom stereocenters. The first kappa shape index (κ1) is 17.5. The summed E-state index contributed by atoms with van der Waals surface area (Å²) in [5, 5.41) is 0. The zero-order valence-electron chi connectivity index (χ0n) is 13.2. The molecule has 0 saturated heterocycles. The van der Waals surface area contributed by atoms with Crippen LogP contribution in [-0.4, -0.2) is 26.1 Å². The lowest BCUT2D eigenvalue weighted by Crippen LogP contribution is -2.43. The summed E-state index contributed by atoms with van der Waals surface area (Å²) in [6, 6.07) is 8.23. The quantitative estimate of drug-likeness (QED) is 0.828. The van der Waals surface area contributed by atoms with Crippen molar-refractivity contribution in [1.82, 2.24) is 4.98 Å².